The summed E-state index contributed by atoms with van der Waals surface area (Å²) in [5, 5.41) is 0. The lowest BCUT2D eigenvalue weighted by Gasteiger charge is -2.31. The maximum Gasteiger partial charge on any atom is 0.256 e. The van der Waals surface area contributed by atoms with Crippen molar-refractivity contribution in [2.45, 2.75) is 32.8 Å². The summed E-state index contributed by atoms with van der Waals surface area (Å²) in [6.45, 7) is 5.21. The second-order valence-electron chi connectivity index (χ2n) is 4.82. The van der Waals surface area contributed by atoms with Crippen LogP contribution in [0.2, 0.25) is 0 Å². The summed E-state index contributed by atoms with van der Waals surface area (Å²) in [5.41, 5.74) is 0.605. The molecule has 1 atom stereocenters. The number of fused-ring (bicyclic) bond motifs is 1. The van der Waals surface area contributed by atoms with Gasteiger partial charge >= 0.3 is 0 Å². The molecule has 0 fully saturated rings. The maximum atomic E-state index is 13.2. The molecule has 0 aliphatic carbocycles. The highest BCUT2D eigenvalue weighted by atomic mass is 19.1. The van der Waals surface area contributed by atoms with Crippen molar-refractivity contribution < 1.29 is 18.7 Å². The molecule has 0 spiro atoms. The Labute approximate surface area is 118 Å². The van der Waals surface area contributed by atoms with Gasteiger partial charge in [0.25, 0.3) is 5.91 Å². The number of anilines is 1. The highest BCUT2D eigenvalue weighted by Gasteiger charge is 2.27. The van der Waals surface area contributed by atoms with Crippen LogP contribution >= 0.6 is 0 Å². The molecular formula is C15H20FNO3. The zero-order valence-corrected chi connectivity index (χ0v) is 11.9. The Balaban J connectivity index is 2.08. The first kappa shape index (κ1) is 14.8. The minimum absolute atomic E-state index is 0.114. The molecule has 4 nitrogen and oxygen atoms in total. The number of unbranched alkanes of at least 4 members (excludes halogenated alkanes) is 1. The Bertz CT molecular complexity index is 478. The molecule has 1 unspecified atom stereocenters. The highest BCUT2D eigenvalue weighted by Crippen LogP contribution is 2.32. The van der Waals surface area contributed by atoms with Crippen LogP contribution < -0.4 is 9.64 Å². The van der Waals surface area contributed by atoms with Gasteiger partial charge in [-0.25, -0.2) is 4.39 Å². The first-order chi connectivity index (χ1) is 9.63. The number of halogens is 1. The van der Waals surface area contributed by atoms with Crippen molar-refractivity contribution in [1.82, 2.24) is 0 Å². The average Bonchev–Trinajstić information content (AvgIpc) is 2.45. The van der Waals surface area contributed by atoms with Crippen molar-refractivity contribution in [2.24, 2.45) is 0 Å². The van der Waals surface area contributed by atoms with Gasteiger partial charge < -0.3 is 14.4 Å². The monoisotopic (exact) mass is 281 g/mol. The van der Waals surface area contributed by atoms with Crippen molar-refractivity contribution in [2.75, 3.05) is 24.7 Å². The standard InChI is InChI=1S/C15H20FNO3/c1-3-4-8-19-11(2)15(18)17-7-9-20-14-10-12(16)5-6-13(14)17/h5-6,10-11H,3-4,7-9H2,1-2H3. The SMILES string of the molecule is CCCCOC(C)C(=O)N1CCOc2cc(F)ccc21. The van der Waals surface area contributed by atoms with Crippen molar-refractivity contribution in [3.8, 4) is 5.75 Å². The number of carbonyl (C=O) groups excluding carboxylic acids is 1. The first-order valence-electron chi connectivity index (χ1n) is 6.98. The topological polar surface area (TPSA) is 38.8 Å². The summed E-state index contributed by atoms with van der Waals surface area (Å²) < 4.78 is 24.1. The van der Waals surface area contributed by atoms with Crippen molar-refractivity contribution in [3.05, 3.63) is 24.0 Å². The average molecular weight is 281 g/mol. The van der Waals surface area contributed by atoms with Gasteiger partial charge in [-0.3, -0.25) is 4.79 Å². The van der Waals surface area contributed by atoms with E-state index in [1.807, 2.05) is 0 Å². The minimum atomic E-state index is -0.502. The fourth-order valence-corrected chi connectivity index (χ4v) is 2.12. The molecule has 1 heterocycles. The fraction of sp³-hybridized carbons (Fsp3) is 0.533. The number of nitrogens with zero attached hydrogens (tertiary/aromatic N) is 1. The van der Waals surface area contributed by atoms with Crippen LogP contribution in [0.3, 0.4) is 0 Å². The van der Waals surface area contributed by atoms with Crippen LogP contribution in [0, 0.1) is 5.82 Å². The Kier molecular flexibility index (Phi) is 4.95. The van der Waals surface area contributed by atoms with E-state index in [-0.39, 0.29) is 11.7 Å². The normalized spacial score (nSPS) is 15.4. The van der Waals surface area contributed by atoms with Crippen LogP contribution in [0.15, 0.2) is 18.2 Å². The van der Waals surface area contributed by atoms with E-state index in [1.165, 1.54) is 12.1 Å². The summed E-state index contributed by atoms with van der Waals surface area (Å²) in [6.07, 6.45) is 1.46. The van der Waals surface area contributed by atoms with Crippen LogP contribution in [0.1, 0.15) is 26.7 Å². The molecular weight excluding hydrogens is 261 g/mol. The van der Waals surface area contributed by atoms with Gasteiger partial charge in [0.05, 0.1) is 12.2 Å². The molecule has 1 aliphatic heterocycles. The third kappa shape index (κ3) is 3.28. The summed E-state index contributed by atoms with van der Waals surface area (Å²) in [7, 11) is 0. The minimum Gasteiger partial charge on any atom is -0.489 e. The Hall–Kier alpha value is -1.62. The lowest BCUT2D eigenvalue weighted by molar-refractivity contribution is -0.129. The van der Waals surface area contributed by atoms with Crippen molar-refractivity contribution >= 4 is 11.6 Å². The summed E-state index contributed by atoms with van der Waals surface area (Å²) in [6, 6.07) is 4.20. The Morgan fingerprint density at radius 3 is 3.10 bits per heavy atom. The molecule has 1 amide bonds. The largest absolute Gasteiger partial charge is 0.489 e. The molecule has 0 aromatic heterocycles. The molecule has 0 saturated heterocycles. The van der Waals surface area contributed by atoms with E-state index < -0.39 is 6.10 Å². The van der Waals surface area contributed by atoms with Crippen LogP contribution in [-0.2, 0) is 9.53 Å². The van der Waals surface area contributed by atoms with E-state index in [2.05, 4.69) is 6.92 Å². The van der Waals surface area contributed by atoms with Gasteiger partial charge in [-0.2, -0.15) is 0 Å². The third-order valence-electron chi connectivity index (χ3n) is 3.26. The molecule has 0 N–H and O–H groups in total. The third-order valence-corrected chi connectivity index (χ3v) is 3.26. The van der Waals surface area contributed by atoms with Crippen molar-refractivity contribution in [3.63, 3.8) is 0 Å². The second kappa shape index (κ2) is 6.70. The van der Waals surface area contributed by atoms with Crippen molar-refractivity contribution in [1.29, 1.82) is 0 Å². The quantitative estimate of drug-likeness (QED) is 0.779. The molecule has 0 saturated carbocycles. The van der Waals surface area contributed by atoms with Crippen LogP contribution in [0.5, 0.6) is 5.75 Å². The molecule has 2 rings (SSSR count). The number of rotatable bonds is 5. The molecule has 0 bridgehead atoms. The van der Waals surface area contributed by atoms with Crippen LogP contribution in [0.4, 0.5) is 10.1 Å². The van der Waals surface area contributed by atoms with E-state index in [4.69, 9.17) is 9.47 Å². The number of amides is 1. The van der Waals surface area contributed by atoms with Gasteiger partial charge in [0.1, 0.15) is 24.3 Å². The van der Waals surface area contributed by atoms with E-state index >= 15 is 0 Å². The molecule has 20 heavy (non-hydrogen) atoms. The smallest absolute Gasteiger partial charge is 0.256 e. The molecule has 1 aliphatic rings. The van der Waals surface area contributed by atoms with Crippen LogP contribution in [-0.4, -0.2) is 31.8 Å². The summed E-state index contributed by atoms with van der Waals surface area (Å²) in [5.74, 6) is -0.0760. The molecule has 0 radical (unpaired) electrons. The highest BCUT2D eigenvalue weighted by molar-refractivity contribution is 5.98. The van der Waals surface area contributed by atoms with E-state index in [0.717, 1.165) is 12.8 Å². The predicted molar refractivity (Wildman–Crippen MR) is 74.6 cm³/mol. The lowest BCUT2D eigenvalue weighted by Crippen LogP contribution is -2.43. The lowest BCUT2D eigenvalue weighted by atomic mass is 10.2. The van der Waals surface area contributed by atoms with Gasteiger partial charge in [0, 0.05) is 12.7 Å². The second-order valence-corrected chi connectivity index (χ2v) is 4.82. The fourth-order valence-electron chi connectivity index (χ4n) is 2.12. The maximum absolute atomic E-state index is 13.2. The number of carbonyl (C=O) groups is 1. The number of hydrogen-bond acceptors (Lipinski definition) is 3. The van der Waals surface area contributed by atoms with Gasteiger partial charge in [0.15, 0.2) is 0 Å². The van der Waals surface area contributed by atoms with Gasteiger partial charge in [-0.15, -0.1) is 0 Å². The van der Waals surface area contributed by atoms with E-state index in [9.17, 15) is 9.18 Å². The summed E-state index contributed by atoms with van der Waals surface area (Å²) in [4.78, 5) is 14.0. The summed E-state index contributed by atoms with van der Waals surface area (Å²) >= 11 is 0. The van der Waals surface area contributed by atoms with Gasteiger partial charge in [0.2, 0.25) is 0 Å². The zero-order chi connectivity index (χ0) is 14.5. The van der Waals surface area contributed by atoms with Crippen LogP contribution in [0.25, 0.3) is 0 Å². The van der Waals surface area contributed by atoms with E-state index in [0.29, 0.717) is 31.2 Å². The molecule has 5 heteroatoms. The molecule has 1 aromatic rings. The number of benzene rings is 1. The van der Waals surface area contributed by atoms with Gasteiger partial charge in [-0.05, 0) is 25.5 Å². The Morgan fingerprint density at radius 1 is 1.55 bits per heavy atom. The first-order valence-corrected chi connectivity index (χ1v) is 6.98. The molecule has 1 aromatic carbocycles. The molecule has 110 valence electrons. The Morgan fingerprint density at radius 2 is 2.35 bits per heavy atom. The zero-order valence-electron chi connectivity index (χ0n) is 11.9. The number of hydrogen-bond donors (Lipinski definition) is 0. The predicted octanol–water partition coefficient (Wildman–Crippen LogP) is 2.76. The van der Waals surface area contributed by atoms with E-state index in [1.54, 1.807) is 17.9 Å². The van der Waals surface area contributed by atoms with Gasteiger partial charge in [-0.1, -0.05) is 13.3 Å². The number of ether oxygens (including phenoxy) is 2.